The highest BCUT2D eigenvalue weighted by Crippen LogP contribution is 2.14. The van der Waals surface area contributed by atoms with Gasteiger partial charge in [0.1, 0.15) is 11.6 Å². The third-order valence-electron chi connectivity index (χ3n) is 4.30. The van der Waals surface area contributed by atoms with Crippen LogP contribution in [0, 0.1) is 0 Å². The summed E-state index contributed by atoms with van der Waals surface area (Å²) in [6.45, 7) is 3.57. The molecule has 0 aromatic carbocycles. The lowest BCUT2D eigenvalue weighted by Crippen LogP contribution is -2.49. The van der Waals surface area contributed by atoms with Gasteiger partial charge in [0, 0.05) is 44.8 Å². The minimum absolute atomic E-state index is 0.0776. The number of pyridine rings is 1. The number of piperazine rings is 1. The van der Waals surface area contributed by atoms with Gasteiger partial charge in [-0.3, -0.25) is 9.69 Å². The van der Waals surface area contributed by atoms with Gasteiger partial charge in [-0.15, -0.1) is 5.10 Å². The predicted octanol–water partition coefficient (Wildman–Crippen LogP) is 1.54. The Kier molecular flexibility index (Phi) is 4.68. The Morgan fingerprint density at radius 2 is 1.96 bits per heavy atom. The molecule has 8 nitrogen and oxygen atoms in total. The van der Waals surface area contributed by atoms with Crippen LogP contribution in [0.15, 0.2) is 42.9 Å². The van der Waals surface area contributed by atoms with Gasteiger partial charge in [-0.1, -0.05) is 11.6 Å². The van der Waals surface area contributed by atoms with Crippen LogP contribution in [0.2, 0.25) is 5.02 Å². The van der Waals surface area contributed by atoms with Crippen molar-refractivity contribution in [1.29, 1.82) is 0 Å². The lowest BCUT2D eigenvalue weighted by Gasteiger charge is -2.34. The van der Waals surface area contributed by atoms with Crippen LogP contribution in [-0.4, -0.2) is 63.1 Å². The lowest BCUT2D eigenvalue weighted by atomic mass is 10.3. The first-order chi connectivity index (χ1) is 12.7. The number of halogens is 1. The Bertz CT molecular complexity index is 903. The first-order valence-electron chi connectivity index (χ1n) is 8.36. The molecule has 0 bridgehead atoms. The van der Waals surface area contributed by atoms with E-state index in [-0.39, 0.29) is 5.91 Å². The summed E-state index contributed by atoms with van der Waals surface area (Å²) >= 11 is 5.80. The summed E-state index contributed by atoms with van der Waals surface area (Å²) in [5.74, 6) is 1.35. The summed E-state index contributed by atoms with van der Waals surface area (Å²) in [6, 6.07) is 7.33. The molecule has 3 aromatic heterocycles. The topological polar surface area (TPSA) is 78.7 Å². The zero-order chi connectivity index (χ0) is 17.9. The molecule has 0 atom stereocenters. The van der Waals surface area contributed by atoms with Crippen LogP contribution < -0.4 is 10.2 Å². The van der Waals surface area contributed by atoms with E-state index in [1.165, 1.54) is 6.20 Å². The fraction of sp³-hybridized carbons (Fsp3) is 0.294. The number of rotatable bonds is 4. The second-order valence-corrected chi connectivity index (χ2v) is 6.53. The zero-order valence-electron chi connectivity index (χ0n) is 14.0. The molecule has 1 saturated heterocycles. The number of carbonyl (C=O) groups is 1. The number of nitrogens with one attached hydrogen (secondary N) is 1. The van der Waals surface area contributed by atoms with Crippen LogP contribution in [0.25, 0.3) is 5.65 Å². The number of fused-ring (bicyclic) bond motifs is 1. The van der Waals surface area contributed by atoms with Crippen LogP contribution in [0.4, 0.5) is 11.6 Å². The number of hydrogen-bond donors (Lipinski definition) is 1. The molecule has 1 amide bonds. The molecule has 0 radical (unpaired) electrons. The minimum atomic E-state index is -0.0776. The van der Waals surface area contributed by atoms with Gasteiger partial charge in [0.2, 0.25) is 5.91 Å². The quantitative estimate of drug-likeness (QED) is 0.749. The Morgan fingerprint density at radius 3 is 2.73 bits per heavy atom. The average molecular weight is 372 g/mol. The van der Waals surface area contributed by atoms with Gasteiger partial charge in [0.15, 0.2) is 5.65 Å². The van der Waals surface area contributed by atoms with E-state index in [0.717, 1.165) is 37.6 Å². The Morgan fingerprint density at radius 1 is 1.12 bits per heavy atom. The molecule has 4 heterocycles. The third kappa shape index (κ3) is 3.76. The summed E-state index contributed by atoms with van der Waals surface area (Å²) in [4.78, 5) is 24.8. The normalized spacial score (nSPS) is 15.3. The van der Waals surface area contributed by atoms with Crippen LogP contribution in [0.5, 0.6) is 0 Å². The molecule has 0 spiro atoms. The number of nitrogens with zero attached hydrogens (tertiary/aromatic N) is 6. The molecule has 4 rings (SSSR count). The van der Waals surface area contributed by atoms with Crippen LogP contribution >= 0.6 is 11.6 Å². The highest BCUT2D eigenvalue weighted by Gasteiger charge is 2.20. The Labute approximate surface area is 155 Å². The van der Waals surface area contributed by atoms with E-state index in [0.29, 0.717) is 17.4 Å². The van der Waals surface area contributed by atoms with E-state index in [2.05, 4.69) is 30.2 Å². The SMILES string of the molecule is O=C(CN1CCN(c2ccc3nccn3n2)CC1)Nc1ccc(Cl)cn1. The maximum Gasteiger partial charge on any atom is 0.239 e. The minimum Gasteiger partial charge on any atom is -0.353 e. The van der Waals surface area contributed by atoms with Gasteiger partial charge in [-0.25, -0.2) is 14.5 Å². The van der Waals surface area contributed by atoms with Crippen molar-refractivity contribution in [1.82, 2.24) is 24.5 Å². The van der Waals surface area contributed by atoms with Crippen LogP contribution in [0.3, 0.4) is 0 Å². The summed E-state index contributed by atoms with van der Waals surface area (Å²) < 4.78 is 1.77. The molecule has 9 heteroatoms. The maximum atomic E-state index is 12.2. The second-order valence-electron chi connectivity index (χ2n) is 6.09. The Hall–Kier alpha value is -2.71. The largest absolute Gasteiger partial charge is 0.353 e. The van der Waals surface area contributed by atoms with Crippen molar-refractivity contribution >= 4 is 34.8 Å². The van der Waals surface area contributed by atoms with Gasteiger partial charge in [-0.2, -0.15) is 0 Å². The van der Waals surface area contributed by atoms with Crippen molar-refractivity contribution in [3.05, 3.63) is 47.9 Å². The van der Waals surface area contributed by atoms with Crippen molar-refractivity contribution in [2.45, 2.75) is 0 Å². The molecule has 0 unspecified atom stereocenters. The van der Waals surface area contributed by atoms with Gasteiger partial charge >= 0.3 is 0 Å². The fourth-order valence-electron chi connectivity index (χ4n) is 2.94. The maximum absolute atomic E-state index is 12.2. The van der Waals surface area contributed by atoms with E-state index < -0.39 is 0 Å². The van der Waals surface area contributed by atoms with Crippen molar-refractivity contribution in [3.63, 3.8) is 0 Å². The zero-order valence-corrected chi connectivity index (χ0v) is 14.8. The van der Waals surface area contributed by atoms with Crippen molar-refractivity contribution in [2.24, 2.45) is 0 Å². The molecule has 0 aliphatic carbocycles. The molecule has 1 N–H and O–H groups in total. The first-order valence-corrected chi connectivity index (χ1v) is 8.74. The molecule has 3 aromatic rings. The molecule has 0 saturated carbocycles. The van der Waals surface area contributed by atoms with Crippen LogP contribution in [-0.2, 0) is 4.79 Å². The van der Waals surface area contributed by atoms with E-state index in [1.807, 2.05) is 18.3 Å². The van der Waals surface area contributed by atoms with Gasteiger partial charge < -0.3 is 10.2 Å². The number of amides is 1. The van der Waals surface area contributed by atoms with Gasteiger partial charge in [0.05, 0.1) is 11.6 Å². The monoisotopic (exact) mass is 371 g/mol. The van der Waals surface area contributed by atoms with E-state index >= 15 is 0 Å². The average Bonchev–Trinajstić information content (AvgIpc) is 3.12. The third-order valence-corrected chi connectivity index (χ3v) is 4.52. The first kappa shape index (κ1) is 16.7. The molecule has 134 valence electrons. The molecule has 1 aliphatic heterocycles. The molecule has 26 heavy (non-hydrogen) atoms. The Balaban J connectivity index is 1.30. The number of anilines is 2. The van der Waals surface area contributed by atoms with Crippen molar-refractivity contribution in [2.75, 3.05) is 42.9 Å². The lowest BCUT2D eigenvalue weighted by molar-refractivity contribution is -0.117. The van der Waals surface area contributed by atoms with E-state index in [1.54, 1.807) is 22.8 Å². The smallest absolute Gasteiger partial charge is 0.239 e. The molecule has 1 fully saturated rings. The molecular weight excluding hydrogens is 354 g/mol. The van der Waals surface area contributed by atoms with Crippen LogP contribution in [0.1, 0.15) is 0 Å². The van der Waals surface area contributed by atoms with Gasteiger partial charge in [-0.05, 0) is 24.3 Å². The fourth-order valence-corrected chi connectivity index (χ4v) is 3.06. The number of hydrogen-bond acceptors (Lipinski definition) is 6. The van der Waals surface area contributed by atoms with E-state index in [4.69, 9.17) is 11.6 Å². The predicted molar refractivity (Wildman–Crippen MR) is 99.5 cm³/mol. The van der Waals surface area contributed by atoms with E-state index in [9.17, 15) is 4.79 Å². The number of aromatic nitrogens is 4. The summed E-state index contributed by atoms with van der Waals surface area (Å²) in [5.41, 5.74) is 0.833. The number of imidazole rings is 1. The highest BCUT2D eigenvalue weighted by atomic mass is 35.5. The standard InChI is InChI=1S/C17H18ClN7O/c18-13-1-2-14(20-11-13)21-17(26)12-23-7-9-24(10-8-23)16-4-3-15-19-5-6-25(15)22-16/h1-6,11H,7-10,12H2,(H,20,21,26). The number of carbonyl (C=O) groups excluding carboxylic acids is 1. The summed E-state index contributed by atoms with van der Waals surface area (Å²) in [5, 5.41) is 7.90. The molecular formula is C17H18ClN7O. The molecule has 1 aliphatic rings. The van der Waals surface area contributed by atoms with Crippen molar-refractivity contribution < 1.29 is 4.79 Å². The highest BCUT2D eigenvalue weighted by molar-refractivity contribution is 6.30. The second kappa shape index (κ2) is 7.27. The summed E-state index contributed by atoms with van der Waals surface area (Å²) in [6.07, 6.45) is 5.09. The van der Waals surface area contributed by atoms with Crippen molar-refractivity contribution in [3.8, 4) is 0 Å². The summed E-state index contributed by atoms with van der Waals surface area (Å²) in [7, 11) is 0. The van der Waals surface area contributed by atoms with Gasteiger partial charge in [0.25, 0.3) is 0 Å².